The van der Waals surface area contributed by atoms with Gasteiger partial charge < -0.3 is 16.3 Å². The molecule has 0 aliphatic heterocycles. The van der Waals surface area contributed by atoms with Gasteiger partial charge in [0.2, 0.25) is 0 Å². The average molecular weight is 251 g/mol. The van der Waals surface area contributed by atoms with Crippen molar-refractivity contribution in [3.63, 3.8) is 0 Å². The number of amidine groups is 1. The summed E-state index contributed by atoms with van der Waals surface area (Å²) < 4.78 is 0. The predicted molar refractivity (Wildman–Crippen MR) is 68.7 cm³/mol. The highest BCUT2D eigenvalue weighted by Gasteiger charge is 2.05. The number of benzene rings is 1. The molecule has 1 aromatic carbocycles. The fraction of sp³-hybridized carbons (Fsp3) is 0.0909. The number of anilines is 1. The van der Waals surface area contributed by atoms with Crippen LogP contribution in [0.4, 0.5) is 5.69 Å². The minimum absolute atomic E-state index is 0.101. The highest BCUT2D eigenvalue weighted by molar-refractivity contribution is 6.35. The van der Waals surface area contributed by atoms with E-state index in [9.17, 15) is 0 Å². The summed E-state index contributed by atoms with van der Waals surface area (Å²) in [5.41, 5.74) is 6.93. The Morgan fingerprint density at radius 1 is 1.47 bits per heavy atom. The van der Waals surface area contributed by atoms with Gasteiger partial charge in [-0.05, 0) is 24.3 Å². The number of pyridine rings is 1. The largest absolute Gasteiger partial charge is 0.409 e. The summed E-state index contributed by atoms with van der Waals surface area (Å²) in [5.74, 6) is 0.101. The van der Waals surface area contributed by atoms with E-state index in [1.807, 2.05) is 18.2 Å². The van der Waals surface area contributed by atoms with E-state index in [2.05, 4.69) is 15.5 Å². The Bertz CT molecular complexity index is 570. The van der Waals surface area contributed by atoms with Crippen LogP contribution in [0.1, 0.15) is 0 Å². The van der Waals surface area contributed by atoms with Crippen molar-refractivity contribution in [1.29, 1.82) is 0 Å². The quantitative estimate of drug-likeness (QED) is 0.337. The van der Waals surface area contributed by atoms with Crippen molar-refractivity contribution >= 4 is 34.0 Å². The lowest BCUT2D eigenvalue weighted by molar-refractivity contribution is 0.317. The van der Waals surface area contributed by atoms with Crippen molar-refractivity contribution in [3.05, 3.63) is 35.5 Å². The molecule has 0 spiro atoms. The summed E-state index contributed by atoms with van der Waals surface area (Å²) in [4.78, 5) is 4.26. The molecule has 0 aliphatic rings. The van der Waals surface area contributed by atoms with Crippen LogP contribution in [0.25, 0.3) is 10.9 Å². The van der Waals surface area contributed by atoms with E-state index in [1.54, 1.807) is 12.3 Å². The van der Waals surface area contributed by atoms with Gasteiger partial charge in [-0.3, -0.25) is 4.98 Å². The lowest BCUT2D eigenvalue weighted by Gasteiger charge is -2.09. The van der Waals surface area contributed by atoms with Crippen LogP contribution in [0.2, 0.25) is 5.02 Å². The Balaban J connectivity index is 2.38. The molecule has 0 unspecified atom stereocenters. The predicted octanol–water partition coefficient (Wildman–Crippen LogP) is 2.05. The number of hydrogen-bond acceptors (Lipinski definition) is 4. The van der Waals surface area contributed by atoms with E-state index >= 15 is 0 Å². The van der Waals surface area contributed by atoms with Crippen LogP contribution in [0.15, 0.2) is 35.6 Å². The zero-order chi connectivity index (χ0) is 12.3. The first kappa shape index (κ1) is 11.5. The van der Waals surface area contributed by atoms with Crippen LogP contribution >= 0.6 is 11.6 Å². The summed E-state index contributed by atoms with van der Waals surface area (Å²) >= 11 is 6.06. The monoisotopic (exact) mass is 250 g/mol. The van der Waals surface area contributed by atoms with Gasteiger partial charge in [-0.25, -0.2) is 0 Å². The smallest absolute Gasteiger partial charge is 0.158 e. The third-order valence-electron chi connectivity index (χ3n) is 2.30. The van der Waals surface area contributed by atoms with Crippen molar-refractivity contribution in [2.24, 2.45) is 10.9 Å². The molecular formula is C11H11ClN4O. The standard InChI is InChI=1S/C11H11ClN4O/c12-8-3-4-9(15-6-10(13)16-17)11-7(8)2-1-5-14-11/h1-5,15,17H,6H2,(H2,13,16). The molecule has 17 heavy (non-hydrogen) atoms. The number of halogens is 1. The first-order valence-corrected chi connectivity index (χ1v) is 5.33. The minimum atomic E-state index is 0.101. The van der Waals surface area contributed by atoms with E-state index in [-0.39, 0.29) is 12.4 Å². The first-order chi connectivity index (χ1) is 8.22. The summed E-state index contributed by atoms with van der Waals surface area (Å²) in [6.45, 7) is 0.240. The van der Waals surface area contributed by atoms with E-state index in [0.717, 1.165) is 16.6 Å². The van der Waals surface area contributed by atoms with Gasteiger partial charge in [0.15, 0.2) is 5.84 Å². The summed E-state index contributed by atoms with van der Waals surface area (Å²) in [6.07, 6.45) is 1.69. The van der Waals surface area contributed by atoms with Crippen LogP contribution in [-0.4, -0.2) is 22.6 Å². The van der Waals surface area contributed by atoms with Crippen molar-refractivity contribution in [1.82, 2.24) is 4.98 Å². The molecule has 0 saturated heterocycles. The van der Waals surface area contributed by atoms with Gasteiger partial charge in [-0.15, -0.1) is 0 Å². The summed E-state index contributed by atoms with van der Waals surface area (Å²) in [7, 11) is 0. The Hall–Kier alpha value is -2.01. The average Bonchev–Trinajstić information content (AvgIpc) is 2.38. The van der Waals surface area contributed by atoms with Gasteiger partial charge in [0.1, 0.15) is 0 Å². The van der Waals surface area contributed by atoms with E-state index in [1.165, 1.54) is 0 Å². The number of aromatic nitrogens is 1. The van der Waals surface area contributed by atoms with Gasteiger partial charge in [0.25, 0.3) is 0 Å². The molecule has 1 heterocycles. The highest BCUT2D eigenvalue weighted by Crippen LogP contribution is 2.27. The summed E-state index contributed by atoms with van der Waals surface area (Å²) in [5, 5.41) is 15.9. The maximum atomic E-state index is 8.46. The number of hydrogen-bond donors (Lipinski definition) is 3. The molecule has 0 aliphatic carbocycles. The van der Waals surface area contributed by atoms with Crippen molar-refractivity contribution < 1.29 is 5.21 Å². The maximum Gasteiger partial charge on any atom is 0.158 e. The van der Waals surface area contributed by atoms with Gasteiger partial charge in [0.05, 0.1) is 22.8 Å². The molecule has 88 valence electrons. The maximum absolute atomic E-state index is 8.46. The molecule has 1 aromatic heterocycles. The fourth-order valence-corrected chi connectivity index (χ4v) is 1.72. The number of rotatable bonds is 3. The zero-order valence-corrected chi connectivity index (χ0v) is 9.65. The zero-order valence-electron chi connectivity index (χ0n) is 8.89. The first-order valence-electron chi connectivity index (χ1n) is 4.96. The second-order valence-electron chi connectivity index (χ2n) is 3.44. The Kier molecular flexibility index (Phi) is 3.30. The van der Waals surface area contributed by atoms with Gasteiger partial charge >= 0.3 is 0 Å². The second-order valence-corrected chi connectivity index (χ2v) is 3.85. The Morgan fingerprint density at radius 3 is 3.06 bits per heavy atom. The lowest BCUT2D eigenvalue weighted by atomic mass is 10.2. The highest BCUT2D eigenvalue weighted by atomic mass is 35.5. The molecule has 2 rings (SSSR count). The molecule has 0 bridgehead atoms. The second kappa shape index (κ2) is 4.88. The number of nitrogens with one attached hydrogen (secondary N) is 1. The number of nitrogens with two attached hydrogens (primary N) is 1. The molecule has 0 saturated carbocycles. The molecule has 0 atom stereocenters. The van der Waals surface area contributed by atoms with Crippen LogP contribution < -0.4 is 11.1 Å². The Morgan fingerprint density at radius 2 is 2.29 bits per heavy atom. The molecule has 6 heteroatoms. The van der Waals surface area contributed by atoms with Crippen LogP contribution in [0, 0.1) is 0 Å². The SMILES string of the molecule is N/C(CNc1ccc(Cl)c2cccnc12)=N/O. The molecular weight excluding hydrogens is 240 g/mol. The molecule has 0 radical (unpaired) electrons. The van der Waals surface area contributed by atoms with Crippen LogP contribution in [0.5, 0.6) is 0 Å². The third-order valence-corrected chi connectivity index (χ3v) is 2.63. The molecule has 5 nitrogen and oxygen atoms in total. The third kappa shape index (κ3) is 2.39. The number of nitrogens with zero attached hydrogens (tertiary/aromatic N) is 2. The van der Waals surface area contributed by atoms with E-state index in [4.69, 9.17) is 22.5 Å². The van der Waals surface area contributed by atoms with Crippen LogP contribution in [0.3, 0.4) is 0 Å². The van der Waals surface area contributed by atoms with Crippen LogP contribution in [-0.2, 0) is 0 Å². The topological polar surface area (TPSA) is 83.5 Å². The summed E-state index contributed by atoms with van der Waals surface area (Å²) in [6, 6.07) is 7.30. The lowest BCUT2D eigenvalue weighted by Crippen LogP contribution is -2.22. The van der Waals surface area contributed by atoms with Gasteiger partial charge in [-0.1, -0.05) is 16.8 Å². The number of oxime groups is 1. The van der Waals surface area contributed by atoms with Gasteiger partial charge in [-0.2, -0.15) is 0 Å². The molecule has 2 aromatic rings. The van der Waals surface area contributed by atoms with E-state index < -0.39 is 0 Å². The minimum Gasteiger partial charge on any atom is -0.409 e. The molecule has 4 N–H and O–H groups in total. The normalized spacial score (nSPS) is 11.7. The van der Waals surface area contributed by atoms with E-state index in [0.29, 0.717) is 5.02 Å². The molecule has 0 amide bonds. The fourth-order valence-electron chi connectivity index (χ4n) is 1.50. The van der Waals surface area contributed by atoms with Crippen molar-refractivity contribution in [3.8, 4) is 0 Å². The number of fused-ring (bicyclic) bond motifs is 1. The van der Waals surface area contributed by atoms with Gasteiger partial charge in [0, 0.05) is 11.6 Å². The van der Waals surface area contributed by atoms with Crippen molar-refractivity contribution in [2.45, 2.75) is 0 Å². The molecule has 0 fully saturated rings. The Labute approximate surface area is 103 Å². The van der Waals surface area contributed by atoms with Crippen molar-refractivity contribution in [2.75, 3.05) is 11.9 Å².